The molecule has 0 saturated heterocycles. The Hall–Kier alpha value is -0.850. The third kappa shape index (κ3) is 4.37. The summed E-state index contributed by atoms with van der Waals surface area (Å²) in [6.07, 6.45) is 1.92. The van der Waals surface area contributed by atoms with Gasteiger partial charge in [-0.05, 0) is 25.0 Å². The quantitative estimate of drug-likeness (QED) is 0.771. The Balaban J connectivity index is 1.97. The van der Waals surface area contributed by atoms with E-state index in [-0.39, 0.29) is 11.4 Å². The van der Waals surface area contributed by atoms with E-state index in [1.165, 1.54) is 0 Å². The van der Waals surface area contributed by atoms with E-state index in [9.17, 15) is 0 Å². The summed E-state index contributed by atoms with van der Waals surface area (Å²) in [4.78, 5) is 12.8. The Morgan fingerprint density at radius 3 is 2.52 bits per heavy atom. The van der Waals surface area contributed by atoms with E-state index >= 15 is 0 Å². The number of nitrogens with zero attached hydrogens (tertiary/aromatic N) is 3. The first-order valence-corrected chi connectivity index (χ1v) is 8.38. The number of halogens is 4. The summed E-state index contributed by atoms with van der Waals surface area (Å²) in [6, 6.07) is 7.10. The van der Waals surface area contributed by atoms with Crippen molar-refractivity contribution in [3.8, 4) is 11.4 Å². The second kappa shape index (κ2) is 6.22. The molecule has 0 aliphatic heterocycles. The molecular weight excluding hydrogens is 380 g/mol. The van der Waals surface area contributed by atoms with Crippen LogP contribution in [0.2, 0.25) is 5.02 Å². The third-order valence-electron chi connectivity index (χ3n) is 3.46. The van der Waals surface area contributed by atoms with Crippen molar-refractivity contribution in [1.82, 2.24) is 15.0 Å². The van der Waals surface area contributed by atoms with Crippen LogP contribution in [0.3, 0.4) is 0 Å². The topological polar surface area (TPSA) is 76.7 Å². The van der Waals surface area contributed by atoms with Gasteiger partial charge in [0.2, 0.25) is 9.74 Å². The number of hydrogen-bond acceptors (Lipinski definition) is 5. The highest BCUT2D eigenvalue weighted by molar-refractivity contribution is 6.66. The van der Waals surface area contributed by atoms with Gasteiger partial charge in [0.15, 0.2) is 11.6 Å². The maximum Gasteiger partial charge on any atom is 0.250 e. The predicted molar refractivity (Wildman–Crippen MR) is 94.2 cm³/mol. The van der Waals surface area contributed by atoms with Gasteiger partial charge in [-0.3, -0.25) is 0 Å². The Morgan fingerprint density at radius 2 is 1.91 bits per heavy atom. The number of alkyl halides is 3. The first-order valence-electron chi connectivity index (χ1n) is 6.87. The standard InChI is InChI=1S/C14H13Cl4N5/c15-9-3-1-2-8(6-9)10-21-11(14(16,17)18)23-12(22-10)20-7-13(19)4-5-13/h1-3,6H,4-5,7,19H2,(H,20,21,22,23). The highest BCUT2D eigenvalue weighted by Gasteiger charge is 2.38. The van der Waals surface area contributed by atoms with Crippen LogP contribution in [-0.2, 0) is 3.79 Å². The normalized spacial score (nSPS) is 16.2. The highest BCUT2D eigenvalue weighted by atomic mass is 35.6. The Kier molecular flexibility index (Phi) is 4.60. The van der Waals surface area contributed by atoms with Gasteiger partial charge in [-0.15, -0.1) is 0 Å². The number of rotatable bonds is 4. The summed E-state index contributed by atoms with van der Waals surface area (Å²) < 4.78 is -1.76. The van der Waals surface area contributed by atoms with Gasteiger partial charge < -0.3 is 11.1 Å². The van der Waals surface area contributed by atoms with Crippen molar-refractivity contribution in [2.45, 2.75) is 22.2 Å². The van der Waals surface area contributed by atoms with Crippen molar-refractivity contribution in [2.24, 2.45) is 5.73 Å². The fourth-order valence-electron chi connectivity index (χ4n) is 1.93. The van der Waals surface area contributed by atoms with Crippen LogP contribution < -0.4 is 11.1 Å². The first kappa shape index (κ1) is 17.0. The molecule has 1 fully saturated rings. The molecule has 1 aliphatic carbocycles. The smallest absolute Gasteiger partial charge is 0.250 e. The van der Waals surface area contributed by atoms with E-state index in [0.717, 1.165) is 12.8 Å². The lowest BCUT2D eigenvalue weighted by Crippen LogP contribution is -2.31. The molecule has 0 unspecified atom stereocenters. The lowest BCUT2D eigenvalue weighted by atomic mass is 10.2. The van der Waals surface area contributed by atoms with Crippen LogP contribution in [0, 0.1) is 0 Å². The van der Waals surface area contributed by atoms with Crippen LogP contribution in [0.5, 0.6) is 0 Å². The van der Waals surface area contributed by atoms with E-state index in [1.54, 1.807) is 18.2 Å². The second-order valence-electron chi connectivity index (χ2n) is 5.53. The molecule has 0 bridgehead atoms. The monoisotopic (exact) mass is 391 g/mol. The molecule has 1 aromatic heterocycles. The molecule has 1 aliphatic rings. The minimum absolute atomic E-state index is 0.0387. The molecule has 3 rings (SSSR count). The average Bonchev–Trinajstić information content (AvgIpc) is 3.22. The lowest BCUT2D eigenvalue weighted by molar-refractivity contribution is 0.706. The van der Waals surface area contributed by atoms with Crippen LogP contribution in [0.25, 0.3) is 11.4 Å². The summed E-state index contributed by atoms with van der Waals surface area (Å²) in [5, 5.41) is 3.65. The van der Waals surface area contributed by atoms with Crippen LogP contribution in [-0.4, -0.2) is 27.0 Å². The number of benzene rings is 1. The number of nitrogens with two attached hydrogens (primary N) is 1. The molecule has 122 valence electrons. The Bertz CT molecular complexity index is 727. The van der Waals surface area contributed by atoms with Crippen LogP contribution in [0.15, 0.2) is 24.3 Å². The van der Waals surface area contributed by atoms with Gasteiger partial charge in [0, 0.05) is 22.7 Å². The maximum atomic E-state index is 6.06. The molecule has 1 aromatic carbocycles. The van der Waals surface area contributed by atoms with Gasteiger partial charge in [0.25, 0.3) is 0 Å². The molecule has 1 heterocycles. The molecule has 3 N–H and O–H groups in total. The molecule has 23 heavy (non-hydrogen) atoms. The lowest BCUT2D eigenvalue weighted by Gasteiger charge is -2.15. The number of anilines is 1. The summed E-state index contributed by atoms with van der Waals surface area (Å²) >= 11 is 23.8. The zero-order valence-electron chi connectivity index (χ0n) is 11.9. The van der Waals surface area contributed by atoms with E-state index in [0.29, 0.717) is 28.9 Å². The van der Waals surface area contributed by atoms with Crippen molar-refractivity contribution < 1.29 is 0 Å². The average molecular weight is 393 g/mol. The van der Waals surface area contributed by atoms with Crippen molar-refractivity contribution in [1.29, 1.82) is 0 Å². The van der Waals surface area contributed by atoms with Gasteiger partial charge in [-0.1, -0.05) is 58.5 Å². The molecule has 0 radical (unpaired) electrons. The van der Waals surface area contributed by atoms with Crippen molar-refractivity contribution >= 4 is 52.4 Å². The molecule has 0 atom stereocenters. The van der Waals surface area contributed by atoms with Crippen LogP contribution in [0.1, 0.15) is 18.7 Å². The third-order valence-corrected chi connectivity index (χ3v) is 4.20. The fourth-order valence-corrected chi connectivity index (χ4v) is 2.37. The summed E-state index contributed by atoms with van der Waals surface area (Å²) in [5.74, 6) is 0.720. The van der Waals surface area contributed by atoms with Crippen molar-refractivity contribution in [3.63, 3.8) is 0 Å². The summed E-state index contributed by atoms with van der Waals surface area (Å²) in [7, 11) is 0. The number of hydrogen-bond donors (Lipinski definition) is 2. The molecule has 0 amide bonds. The maximum absolute atomic E-state index is 6.06. The van der Waals surface area contributed by atoms with Gasteiger partial charge in [0.1, 0.15) is 0 Å². The minimum Gasteiger partial charge on any atom is -0.352 e. The zero-order chi connectivity index (χ0) is 16.7. The minimum atomic E-state index is -1.76. The van der Waals surface area contributed by atoms with Crippen molar-refractivity contribution in [3.05, 3.63) is 35.1 Å². The largest absolute Gasteiger partial charge is 0.352 e. The SMILES string of the molecule is NC1(CNc2nc(-c3cccc(Cl)c3)nc(C(Cl)(Cl)Cl)n2)CC1. The Morgan fingerprint density at radius 1 is 1.17 bits per heavy atom. The summed E-state index contributed by atoms with van der Waals surface area (Å²) in [6.45, 7) is 0.547. The van der Waals surface area contributed by atoms with Gasteiger partial charge in [-0.2, -0.15) is 9.97 Å². The van der Waals surface area contributed by atoms with Gasteiger partial charge in [-0.25, -0.2) is 4.98 Å². The van der Waals surface area contributed by atoms with E-state index in [1.807, 2.05) is 6.07 Å². The molecular formula is C14H13Cl4N5. The van der Waals surface area contributed by atoms with E-state index < -0.39 is 3.79 Å². The molecule has 2 aromatic rings. The molecule has 0 spiro atoms. The predicted octanol–water partition coefficient (Wildman–Crippen LogP) is 3.92. The number of aromatic nitrogens is 3. The fraction of sp³-hybridized carbons (Fsp3) is 0.357. The highest BCUT2D eigenvalue weighted by Crippen LogP contribution is 2.37. The van der Waals surface area contributed by atoms with Crippen LogP contribution in [0.4, 0.5) is 5.95 Å². The van der Waals surface area contributed by atoms with Crippen LogP contribution >= 0.6 is 46.4 Å². The molecule has 9 heteroatoms. The second-order valence-corrected chi connectivity index (χ2v) is 8.25. The van der Waals surface area contributed by atoms with Gasteiger partial charge >= 0.3 is 0 Å². The zero-order valence-corrected chi connectivity index (χ0v) is 14.9. The van der Waals surface area contributed by atoms with Gasteiger partial charge in [0.05, 0.1) is 0 Å². The van der Waals surface area contributed by atoms with E-state index in [2.05, 4.69) is 20.3 Å². The molecule has 1 saturated carbocycles. The Labute approximate surface area is 153 Å². The van der Waals surface area contributed by atoms with E-state index in [4.69, 9.17) is 52.1 Å². The molecule has 5 nitrogen and oxygen atoms in total. The number of nitrogens with one attached hydrogen (secondary N) is 1. The van der Waals surface area contributed by atoms with Crippen molar-refractivity contribution in [2.75, 3.05) is 11.9 Å². The summed E-state index contributed by atoms with van der Waals surface area (Å²) in [5.41, 5.74) is 6.55. The first-order chi connectivity index (χ1) is 10.8.